The van der Waals surface area contributed by atoms with Crippen molar-refractivity contribution < 1.29 is 9.90 Å². The molecule has 0 unspecified atom stereocenters. The first-order valence-corrected chi connectivity index (χ1v) is 8.01. The minimum Gasteiger partial charge on any atom is -0.501 e. The van der Waals surface area contributed by atoms with Crippen molar-refractivity contribution in [3.63, 3.8) is 0 Å². The molecule has 0 spiro atoms. The number of rotatable bonds is 4. The third kappa shape index (κ3) is 3.61. The fourth-order valence-corrected chi connectivity index (χ4v) is 2.46. The van der Waals surface area contributed by atoms with Crippen LogP contribution in [0.15, 0.2) is 53.5 Å². The lowest BCUT2D eigenvalue weighted by Crippen LogP contribution is -2.29. The van der Waals surface area contributed by atoms with Gasteiger partial charge in [-0.3, -0.25) is 14.6 Å². The monoisotopic (exact) mass is 350 g/mol. The molecular weight excluding hydrogens is 332 g/mol. The van der Waals surface area contributed by atoms with Crippen molar-refractivity contribution in [3.8, 4) is 17.3 Å². The van der Waals surface area contributed by atoms with Crippen molar-refractivity contribution in [2.75, 3.05) is 7.05 Å². The Kier molecular flexibility index (Phi) is 4.79. The van der Waals surface area contributed by atoms with Crippen LogP contribution in [0, 0.1) is 6.92 Å². The standard InChI is InChI=1S/C19H18N4O3/c1-12-6-8-13(9-7-12)11-23(2)19(26)15-16(24)18(25)22-17(21-15)14-5-3-4-10-20-14/h3-10,24H,11H2,1-2H3,(H,21,22,25). The molecule has 0 atom stereocenters. The number of aromatic nitrogens is 3. The molecule has 0 saturated heterocycles. The summed E-state index contributed by atoms with van der Waals surface area (Å²) < 4.78 is 0. The van der Waals surface area contributed by atoms with Gasteiger partial charge in [-0.2, -0.15) is 0 Å². The third-order valence-corrected chi connectivity index (χ3v) is 3.89. The lowest BCUT2D eigenvalue weighted by molar-refractivity contribution is 0.0775. The Labute approximate surface area is 150 Å². The summed E-state index contributed by atoms with van der Waals surface area (Å²) in [5.41, 5.74) is 1.37. The number of aromatic hydroxyl groups is 1. The summed E-state index contributed by atoms with van der Waals surface area (Å²) in [6, 6.07) is 12.9. The minimum absolute atomic E-state index is 0.125. The molecule has 7 nitrogen and oxygen atoms in total. The van der Waals surface area contributed by atoms with E-state index in [1.165, 1.54) is 4.90 Å². The molecule has 2 heterocycles. The van der Waals surface area contributed by atoms with Crippen molar-refractivity contribution in [1.29, 1.82) is 0 Å². The maximum atomic E-state index is 12.7. The largest absolute Gasteiger partial charge is 0.501 e. The molecule has 0 saturated carbocycles. The van der Waals surface area contributed by atoms with Gasteiger partial charge in [-0.25, -0.2) is 4.98 Å². The number of pyridine rings is 1. The van der Waals surface area contributed by atoms with Gasteiger partial charge in [-0.05, 0) is 24.6 Å². The molecular formula is C19H18N4O3. The summed E-state index contributed by atoms with van der Waals surface area (Å²) in [5.74, 6) is -1.13. The van der Waals surface area contributed by atoms with Crippen molar-refractivity contribution in [1.82, 2.24) is 19.9 Å². The summed E-state index contributed by atoms with van der Waals surface area (Å²) in [4.78, 5) is 36.8. The lowest BCUT2D eigenvalue weighted by Gasteiger charge is -2.17. The molecule has 0 aliphatic heterocycles. The Hall–Kier alpha value is -3.48. The Bertz CT molecular complexity index is 982. The van der Waals surface area contributed by atoms with E-state index >= 15 is 0 Å². The van der Waals surface area contributed by atoms with Crippen LogP contribution in [0.25, 0.3) is 11.5 Å². The molecule has 3 rings (SSSR count). The van der Waals surface area contributed by atoms with Crippen LogP contribution in [0.5, 0.6) is 5.75 Å². The van der Waals surface area contributed by atoms with E-state index in [-0.39, 0.29) is 11.5 Å². The number of hydrogen-bond donors (Lipinski definition) is 2. The van der Waals surface area contributed by atoms with E-state index in [4.69, 9.17) is 0 Å². The molecule has 1 amide bonds. The van der Waals surface area contributed by atoms with Crippen LogP contribution in [0.3, 0.4) is 0 Å². The smallest absolute Gasteiger partial charge is 0.294 e. The second-order valence-corrected chi connectivity index (χ2v) is 5.97. The van der Waals surface area contributed by atoms with E-state index in [9.17, 15) is 14.7 Å². The molecule has 26 heavy (non-hydrogen) atoms. The molecule has 0 fully saturated rings. The van der Waals surface area contributed by atoms with Gasteiger partial charge < -0.3 is 15.0 Å². The van der Waals surface area contributed by atoms with Gasteiger partial charge in [0.1, 0.15) is 5.69 Å². The Balaban J connectivity index is 1.92. The highest BCUT2D eigenvalue weighted by atomic mass is 16.3. The van der Waals surface area contributed by atoms with Gasteiger partial charge in [0.25, 0.3) is 11.5 Å². The first-order chi connectivity index (χ1) is 12.5. The van der Waals surface area contributed by atoms with Gasteiger partial charge in [0.15, 0.2) is 11.5 Å². The van der Waals surface area contributed by atoms with Crippen molar-refractivity contribution in [3.05, 3.63) is 75.8 Å². The highest BCUT2D eigenvalue weighted by Gasteiger charge is 2.22. The Morgan fingerprint density at radius 3 is 2.58 bits per heavy atom. The fraction of sp³-hybridized carbons (Fsp3) is 0.158. The van der Waals surface area contributed by atoms with Crippen molar-refractivity contribution in [2.45, 2.75) is 13.5 Å². The van der Waals surface area contributed by atoms with Crippen LogP contribution < -0.4 is 5.56 Å². The molecule has 0 bridgehead atoms. The molecule has 3 aromatic rings. The molecule has 1 aromatic carbocycles. The minimum atomic E-state index is -0.785. The van der Waals surface area contributed by atoms with Gasteiger partial charge >= 0.3 is 0 Å². The number of H-pyrrole nitrogens is 1. The normalized spacial score (nSPS) is 10.5. The van der Waals surface area contributed by atoms with Crippen LogP contribution in [-0.2, 0) is 6.54 Å². The molecule has 132 valence electrons. The summed E-state index contributed by atoms with van der Waals surface area (Å²) >= 11 is 0. The zero-order valence-corrected chi connectivity index (χ0v) is 14.4. The van der Waals surface area contributed by atoms with Crippen molar-refractivity contribution >= 4 is 5.91 Å². The maximum Gasteiger partial charge on any atom is 0.294 e. The third-order valence-electron chi connectivity index (χ3n) is 3.89. The van der Waals surface area contributed by atoms with Gasteiger partial charge in [0, 0.05) is 19.8 Å². The molecule has 0 radical (unpaired) electrons. The van der Waals surface area contributed by atoms with Gasteiger partial charge in [0.05, 0.1) is 0 Å². The number of aryl methyl sites for hydroxylation is 1. The first kappa shape index (κ1) is 17.3. The topological polar surface area (TPSA) is 99.2 Å². The van der Waals surface area contributed by atoms with Gasteiger partial charge in [0.2, 0.25) is 5.75 Å². The predicted molar refractivity (Wildman–Crippen MR) is 96.7 cm³/mol. The second-order valence-electron chi connectivity index (χ2n) is 5.97. The first-order valence-electron chi connectivity index (χ1n) is 8.01. The summed E-state index contributed by atoms with van der Waals surface area (Å²) in [6.07, 6.45) is 1.55. The zero-order valence-electron chi connectivity index (χ0n) is 14.4. The van der Waals surface area contributed by atoms with E-state index in [1.54, 1.807) is 31.4 Å². The number of aromatic amines is 1. The van der Waals surface area contributed by atoms with Crippen LogP contribution in [0.2, 0.25) is 0 Å². The highest BCUT2D eigenvalue weighted by molar-refractivity contribution is 5.94. The van der Waals surface area contributed by atoms with E-state index < -0.39 is 17.2 Å². The number of amides is 1. The van der Waals surface area contributed by atoms with Crippen LogP contribution in [0.1, 0.15) is 21.6 Å². The fourth-order valence-electron chi connectivity index (χ4n) is 2.46. The predicted octanol–water partition coefficient (Wildman–Crippen LogP) is 2.12. The average molecular weight is 350 g/mol. The van der Waals surface area contributed by atoms with E-state index in [0.717, 1.165) is 11.1 Å². The summed E-state index contributed by atoms with van der Waals surface area (Å²) in [6.45, 7) is 2.31. The Morgan fingerprint density at radius 2 is 1.92 bits per heavy atom. The van der Waals surface area contributed by atoms with Gasteiger partial charge in [-0.1, -0.05) is 35.9 Å². The molecule has 2 aromatic heterocycles. The quantitative estimate of drug-likeness (QED) is 0.751. The number of carbonyl (C=O) groups excluding carboxylic acids is 1. The SMILES string of the molecule is Cc1ccc(CN(C)C(=O)c2nc(-c3ccccn3)[nH]c(=O)c2O)cc1. The number of hydrogen-bond acceptors (Lipinski definition) is 5. The molecule has 2 N–H and O–H groups in total. The number of benzene rings is 1. The average Bonchev–Trinajstić information content (AvgIpc) is 2.65. The zero-order chi connectivity index (χ0) is 18.7. The molecule has 0 aliphatic carbocycles. The number of carbonyl (C=O) groups is 1. The molecule has 0 aliphatic rings. The lowest BCUT2D eigenvalue weighted by atomic mass is 10.1. The molecule has 7 heteroatoms. The van der Waals surface area contributed by atoms with E-state index in [2.05, 4.69) is 15.0 Å². The van der Waals surface area contributed by atoms with E-state index in [0.29, 0.717) is 12.2 Å². The van der Waals surface area contributed by atoms with Gasteiger partial charge in [-0.15, -0.1) is 0 Å². The summed E-state index contributed by atoms with van der Waals surface area (Å²) in [5, 5.41) is 10.0. The van der Waals surface area contributed by atoms with Crippen LogP contribution in [0.4, 0.5) is 0 Å². The van der Waals surface area contributed by atoms with Crippen LogP contribution in [-0.4, -0.2) is 37.9 Å². The highest BCUT2D eigenvalue weighted by Crippen LogP contribution is 2.17. The number of nitrogens with zero attached hydrogens (tertiary/aromatic N) is 3. The maximum absolute atomic E-state index is 12.7. The van der Waals surface area contributed by atoms with E-state index in [1.807, 2.05) is 31.2 Å². The van der Waals surface area contributed by atoms with Crippen LogP contribution >= 0.6 is 0 Å². The van der Waals surface area contributed by atoms with Crippen molar-refractivity contribution in [2.24, 2.45) is 0 Å². The second kappa shape index (κ2) is 7.18. The summed E-state index contributed by atoms with van der Waals surface area (Å²) in [7, 11) is 1.59. The number of nitrogens with one attached hydrogen (secondary N) is 1. The Morgan fingerprint density at radius 1 is 1.19 bits per heavy atom.